The lowest BCUT2D eigenvalue weighted by molar-refractivity contribution is 1.07. The maximum Gasteiger partial charge on any atom is 0.164 e. The average molecular weight is 1810 g/mol. The van der Waals surface area contributed by atoms with Crippen molar-refractivity contribution in [3.8, 4) is 154 Å². The number of hydrogen-bond donors (Lipinski definition) is 0. The van der Waals surface area contributed by atoms with Gasteiger partial charge in [0.25, 0.3) is 0 Å². The quantitative estimate of drug-likeness (QED) is 0.0892. The van der Waals surface area contributed by atoms with Gasteiger partial charge in [-0.2, -0.15) is 0 Å². The summed E-state index contributed by atoms with van der Waals surface area (Å²) in [6.45, 7) is 0. The number of benzene rings is 21. The fourth-order valence-corrected chi connectivity index (χ4v) is 19.1. The molecule has 0 aliphatic heterocycles. The van der Waals surface area contributed by atoms with Gasteiger partial charge in [0.1, 0.15) is 17.5 Å². The van der Waals surface area contributed by atoms with Crippen LogP contribution in [0.4, 0.5) is 0 Å². The number of imidazole rings is 3. The van der Waals surface area contributed by atoms with Crippen LogP contribution in [0.5, 0.6) is 0 Å². The Bertz CT molecular complexity index is 9110. The van der Waals surface area contributed by atoms with Gasteiger partial charge in [-0.15, -0.1) is 0 Å². The van der Waals surface area contributed by atoms with E-state index in [-0.39, 0.29) is 0 Å². The largest absolute Gasteiger partial charge is 0.292 e. The number of aromatic nitrogens is 15. The molecule has 0 spiro atoms. The van der Waals surface area contributed by atoms with Crippen molar-refractivity contribution in [3.05, 3.63) is 491 Å². The van der Waals surface area contributed by atoms with Crippen LogP contribution in [0.25, 0.3) is 251 Å². The number of fused-ring (bicyclic) bond motifs is 11. The van der Waals surface area contributed by atoms with E-state index in [2.05, 4.69) is 372 Å². The van der Waals surface area contributed by atoms with Crippen LogP contribution in [0, 0.1) is 0 Å². The first-order valence-electron chi connectivity index (χ1n) is 47.0. The molecule has 0 bridgehead atoms. The highest BCUT2D eigenvalue weighted by Gasteiger charge is 2.25. The van der Waals surface area contributed by atoms with Crippen LogP contribution in [-0.2, 0) is 0 Å². The summed E-state index contributed by atoms with van der Waals surface area (Å²) in [5.74, 6) is 8.41. The van der Waals surface area contributed by atoms with E-state index in [1.54, 1.807) is 0 Å². The van der Waals surface area contributed by atoms with Crippen molar-refractivity contribution in [2.75, 3.05) is 0 Å². The Hall–Kier alpha value is -19.4. The molecule has 660 valence electrons. The Labute approximate surface area is 810 Å². The predicted octanol–water partition coefficient (Wildman–Crippen LogP) is 30.6. The zero-order chi connectivity index (χ0) is 93.5. The summed E-state index contributed by atoms with van der Waals surface area (Å²) < 4.78 is 6.64. The fourth-order valence-electron chi connectivity index (χ4n) is 19.1. The topological polar surface area (TPSA) is 169 Å². The lowest BCUT2D eigenvalue weighted by Gasteiger charge is -2.14. The second kappa shape index (κ2) is 36.4. The molecule has 0 fully saturated rings. The Kier molecular flexibility index (Phi) is 21.6. The van der Waals surface area contributed by atoms with E-state index in [1.807, 2.05) is 133 Å². The summed E-state index contributed by atoms with van der Waals surface area (Å²) in [4.78, 5) is 60.5. The third kappa shape index (κ3) is 16.2. The van der Waals surface area contributed by atoms with E-state index >= 15 is 0 Å². The number of nitrogens with zero attached hydrogens (tertiary/aromatic N) is 15. The molecule has 27 aromatic rings. The van der Waals surface area contributed by atoms with Gasteiger partial charge in [-0.1, -0.05) is 358 Å². The molecular weight excluding hydrogens is 1720 g/mol. The smallest absolute Gasteiger partial charge is 0.164 e. The summed E-state index contributed by atoms with van der Waals surface area (Å²) in [7, 11) is 0. The highest BCUT2D eigenvalue weighted by atomic mass is 15.1. The van der Waals surface area contributed by atoms with Gasteiger partial charge in [0.15, 0.2) is 52.4 Å². The first-order chi connectivity index (χ1) is 69.9. The Morgan fingerprint density at radius 1 is 0.128 bits per heavy atom. The molecule has 0 amide bonds. The predicted molar refractivity (Wildman–Crippen MR) is 574 cm³/mol. The van der Waals surface area contributed by atoms with Crippen molar-refractivity contribution in [1.29, 1.82) is 0 Å². The zero-order valence-electron chi connectivity index (χ0n) is 76.0. The van der Waals surface area contributed by atoms with E-state index in [0.29, 0.717) is 52.4 Å². The van der Waals surface area contributed by atoms with Crippen LogP contribution in [0.3, 0.4) is 0 Å². The molecular formula is C126H81N15. The average Bonchev–Trinajstić information content (AvgIpc) is 1.28. The van der Waals surface area contributed by atoms with Gasteiger partial charge in [0, 0.05) is 83.8 Å². The van der Waals surface area contributed by atoms with Crippen molar-refractivity contribution in [3.63, 3.8) is 0 Å². The van der Waals surface area contributed by atoms with E-state index in [9.17, 15) is 0 Å². The van der Waals surface area contributed by atoms with E-state index in [4.69, 9.17) is 59.8 Å². The third-order valence-corrected chi connectivity index (χ3v) is 25.9. The minimum atomic E-state index is 0.611. The highest BCUT2D eigenvalue weighted by molar-refractivity contribution is 6.15. The molecule has 0 atom stereocenters. The van der Waals surface area contributed by atoms with Crippen LogP contribution in [0.2, 0.25) is 0 Å². The number of rotatable bonds is 15. The van der Waals surface area contributed by atoms with E-state index in [1.165, 1.54) is 32.3 Å². The number of hydrogen-bond acceptors (Lipinski definition) is 12. The summed E-state index contributed by atoms with van der Waals surface area (Å²) >= 11 is 0. The van der Waals surface area contributed by atoms with Crippen LogP contribution in [-0.4, -0.2) is 73.5 Å². The van der Waals surface area contributed by atoms with Crippen molar-refractivity contribution in [1.82, 2.24) is 73.5 Å². The monoisotopic (exact) mass is 1800 g/mol. The zero-order valence-corrected chi connectivity index (χ0v) is 76.0. The Morgan fingerprint density at radius 3 is 0.667 bits per heavy atom. The maximum atomic E-state index is 5.32. The molecule has 6 aromatic heterocycles. The molecule has 141 heavy (non-hydrogen) atoms. The Balaban J connectivity index is 0.000000113. The molecule has 0 radical (unpaired) electrons. The molecule has 0 saturated carbocycles. The van der Waals surface area contributed by atoms with Gasteiger partial charge >= 0.3 is 0 Å². The van der Waals surface area contributed by atoms with Gasteiger partial charge in [-0.25, -0.2) is 59.8 Å². The van der Waals surface area contributed by atoms with Crippen LogP contribution in [0.1, 0.15) is 0 Å². The SMILES string of the molecule is c1ccc(-c2nc(-c3ccccc3)nc(-c3ccc(-n4c(-c5ccccc5)nc5ccccc54)cc3)n2)cc1.c1ccc(-c2nc3ccccc3n2-c2ccc(-c3nc(-c4cc5ccccc5c5ccccc45)nc(-c4cc5ccccc5c5ccccc45)n3)cc2)cc1.c1ccc(-c2nc3ccccc3n2-c2ccc(-c3nc(-c4ccc5ccccc5c4)nc(-c4ccc5ccccc5c4)n3)cc2)cc1. The Morgan fingerprint density at radius 2 is 0.348 bits per heavy atom. The summed E-state index contributed by atoms with van der Waals surface area (Å²) in [6, 6.07) is 169. The molecule has 0 aliphatic carbocycles. The summed E-state index contributed by atoms with van der Waals surface area (Å²) in [5, 5.41) is 13.9. The lowest BCUT2D eigenvalue weighted by Crippen LogP contribution is -2.02. The van der Waals surface area contributed by atoms with Gasteiger partial charge in [0.05, 0.1) is 33.1 Å². The standard InChI is InChI=1S/C50H31N5.C42H27N5.C34H23N5/c1-2-14-33(15-3-1)50-51-45-24-12-13-25-46(45)55(50)36-28-26-32(27-29-36)47-52-48(43-30-34-16-4-6-18-37(34)39-20-8-10-22-41(39)43)54-49(53-47)44-31-35-17-5-7-19-38(35)40-21-9-11-23-42(40)44;1-2-12-31(13-3-1)42-43-37-16-8-9-17-38(37)47(42)36-24-22-30(23-25-36)39-44-40(34-20-18-28-10-4-6-14-32(28)26-34)46-41(45-39)35-21-19-29-11-5-7-15-33(29)27-35;1-4-12-24(13-5-1)31-36-32(25-14-6-2-7-15-25)38-33(37-31)26-20-22-28(23-21-26)39-30-19-11-10-18-29(30)35-34(39)27-16-8-3-9-17-27/h1-31H;1-27H;1-23H. The maximum absolute atomic E-state index is 5.32. The van der Waals surface area contributed by atoms with Crippen molar-refractivity contribution >= 4 is 97.7 Å². The molecule has 0 saturated heterocycles. The summed E-state index contributed by atoms with van der Waals surface area (Å²) in [5.41, 5.74) is 20.7. The van der Waals surface area contributed by atoms with E-state index < -0.39 is 0 Å². The highest BCUT2D eigenvalue weighted by Crippen LogP contribution is 2.42. The second-order valence-electron chi connectivity index (χ2n) is 34.7. The third-order valence-electron chi connectivity index (χ3n) is 25.9. The molecule has 15 nitrogen and oxygen atoms in total. The first-order valence-corrected chi connectivity index (χ1v) is 47.0. The van der Waals surface area contributed by atoms with Crippen LogP contribution >= 0.6 is 0 Å². The van der Waals surface area contributed by atoms with Crippen LogP contribution < -0.4 is 0 Å². The second-order valence-corrected chi connectivity index (χ2v) is 34.7. The molecule has 21 aromatic carbocycles. The van der Waals surface area contributed by atoms with Gasteiger partial charge < -0.3 is 0 Å². The molecule has 0 N–H and O–H groups in total. The lowest BCUT2D eigenvalue weighted by atomic mass is 9.96. The molecule has 15 heteroatoms. The number of para-hydroxylation sites is 6. The molecule has 0 aliphatic rings. The molecule has 0 unspecified atom stereocenters. The van der Waals surface area contributed by atoms with Crippen molar-refractivity contribution < 1.29 is 0 Å². The molecule has 27 rings (SSSR count). The normalized spacial score (nSPS) is 11.4. The molecule has 6 heterocycles. The first kappa shape index (κ1) is 83.4. The van der Waals surface area contributed by atoms with Gasteiger partial charge in [-0.05, 0) is 198 Å². The van der Waals surface area contributed by atoms with Crippen molar-refractivity contribution in [2.45, 2.75) is 0 Å². The van der Waals surface area contributed by atoms with Crippen molar-refractivity contribution in [2.24, 2.45) is 0 Å². The minimum absolute atomic E-state index is 0.611. The fraction of sp³-hybridized carbons (Fsp3) is 0. The van der Waals surface area contributed by atoms with Crippen LogP contribution in [0.15, 0.2) is 491 Å². The van der Waals surface area contributed by atoms with Gasteiger partial charge in [-0.3, -0.25) is 13.7 Å². The van der Waals surface area contributed by atoms with E-state index in [0.717, 1.165) is 167 Å². The van der Waals surface area contributed by atoms with Gasteiger partial charge in [0.2, 0.25) is 0 Å². The minimum Gasteiger partial charge on any atom is -0.292 e. The summed E-state index contributed by atoms with van der Waals surface area (Å²) in [6.07, 6.45) is 0.